The molecule has 0 N–H and O–H groups in total. The van der Waals surface area contributed by atoms with Crippen molar-refractivity contribution in [2.75, 3.05) is 52.9 Å². The molecule has 0 spiro atoms. The number of carbonyl (C=O) groups excluding carboxylic acids is 2. The predicted molar refractivity (Wildman–Crippen MR) is 144 cm³/mol. The Kier molecular flexibility index (Phi) is 9.42. The van der Waals surface area contributed by atoms with E-state index in [1.165, 1.54) is 12.8 Å². The quantitative estimate of drug-likeness (QED) is 0.485. The molecule has 36 heavy (non-hydrogen) atoms. The Bertz CT molecular complexity index is 1060. The number of nitrogens with zero attached hydrogens (tertiary/aromatic N) is 3. The molecule has 1 saturated heterocycles. The number of amides is 2. The third-order valence-corrected chi connectivity index (χ3v) is 7.56. The van der Waals surface area contributed by atoms with Gasteiger partial charge in [0.2, 0.25) is 5.91 Å². The molecular formula is C29H36ClN3O3. The monoisotopic (exact) mass is 509 g/mol. The highest BCUT2D eigenvalue weighted by Crippen LogP contribution is 2.27. The Labute approximate surface area is 219 Å². The number of methoxy groups -OCH3 is 1. The fourth-order valence-electron chi connectivity index (χ4n) is 5.08. The third kappa shape index (κ3) is 6.68. The Morgan fingerprint density at radius 1 is 1.03 bits per heavy atom. The van der Waals surface area contributed by atoms with E-state index in [0.29, 0.717) is 29.6 Å². The third-order valence-electron chi connectivity index (χ3n) is 7.23. The van der Waals surface area contributed by atoms with E-state index in [2.05, 4.69) is 4.90 Å². The first-order chi connectivity index (χ1) is 17.6. The van der Waals surface area contributed by atoms with Gasteiger partial charge in [0.25, 0.3) is 5.91 Å². The fourth-order valence-corrected chi connectivity index (χ4v) is 5.29. The highest BCUT2D eigenvalue weighted by molar-refractivity contribution is 6.33. The van der Waals surface area contributed by atoms with Crippen molar-refractivity contribution >= 4 is 29.5 Å². The molecule has 4 rings (SSSR count). The van der Waals surface area contributed by atoms with Gasteiger partial charge < -0.3 is 14.5 Å². The van der Waals surface area contributed by atoms with Crippen molar-refractivity contribution in [2.45, 2.75) is 25.7 Å². The van der Waals surface area contributed by atoms with E-state index < -0.39 is 0 Å². The van der Waals surface area contributed by atoms with Crippen LogP contribution in [-0.2, 0) is 4.79 Å². The zero-order chi connectivity index (χ0) is 25.3. The average molecular weight is 510 g/mol. The first kappa shape index (κ1) is 26.2. The number of piperazine rings is 1. The van der Waals surface area contributed by atoms with Crippen molar-refractivity contribution in [1.29, 1.82) is 0 Å². The normalized spacial score (nSPS) is 17.0. The standard InChI is InChI=1S/C29H36ClN3O3/c1-36-27-15-7-4-9-23(27)12-8-16-32(29(35)25-13-5-6-14-26(25)30)20-17-31-18-21-33(22-19-31)28(34)24-10-2-3-11-24/h4-9,12-15,24H,2-3,10-11,16-22H2,1H3/b12-8+. The van der Waals surface area contributed by atoms with E-state index in [1.807, 2.05) is 58.4 Å². The van der Waals surface area contributed by atoms with Gasteiger partial charge in [0.15, 0.2) is 0 Å². The van der Waals surface area contributed by atoms with Crippen LogP contribution in [0.2, 0.25) is 5.02 Å². The second-order valence-corrected chi connectivity index (χ2v) is 9.93. The summed E-state index contributed by atoms with van der Waals surface area (Å²) in [5.74, 6) is 1.28. The van der Waals surface area contributed by atoms with Gasteiger partial charge in [-0.3, -0.25) is 14.5 Å². The van der Waals surface area contributed by atoms with E-state index in [-0.39, 0.29) is 11.8 Å². The van der Waals surface area contributed by atoms with Crippen LogP contribution in [0.15, 0.2) is 54.6 Å². The maximum absolute atomic E-state index is 13.4. The van der Waals surface area contributed by atoms with Crippen LogP contribution in [0.5, 0.6) is 5.75 Å². The minimum atomic E-state index is -0.0830. The van der Waals surface area contributed by atoms with Crippen LogP contribution in [0.1, 0.15) is 41.6 Å². The van der Waals surface area contributed by atoms with E-state index in [4.69, 9.17) is 16.3 Å². The van der Waals surface area contributed by atoms with Gasteiger partial charge >= 0.3 is 0 Å². The number of ether oxygens (including phenoxy) is 1. The minimum Gasteiger partial charge on any atom is -0.496 e. The summed E-state index contributed by atoms with van der Waals surface area (Å²) in [5.41, 5.74) is 1.48. The zero-order valence-electron chi connectivity index (χ0n) is 21.1. The summed E-state index contributed by atoms with van der Waals surface area (Å²) >= 11 is 6.35. The van der Waals surface area contributed by atoms with Gasteiger partial charge in [-0.15, -0.1) is 0 Å². The molecule has 2 aliphatic rings. The lowest BCUT2D eigenvalue weighted by Gasteiger charge is -2.36. The van der Waals surface area contributed by atoms with Gasteiger partial charge in [0.1, 0.15) is 5.75 Å². The summed E-state index contributed by atoms with van der Waals surface area (Å²) < 4.78 is 5.44. The van der Waals surface area contributed by atoms with E-state index in [1.54, 1.807) is 19.2 Å². The second kappa shape index (κ2) is 12.9. The number of benzene rings is 2. The Hall–Kier alpha value is -2.83. The van der Waals surface area contributed by atoms with Gasteiger partial charge in [0, 0.05) is 57.3 Å². The molecular weight excluding hydrogens is 474 g/mol. The molecule has 1 heterocycles. The van der Waals surface area contributed by atoms with E-state index in [9.17, 15) is 9.59 Å². The first-order valence-electron chi connectivity index (χ1n) is 12.9. The molecule has 1 aliphatic heterocycles. The Balaban J connectivity index is 1.37. The molecule has 2 fully saturated rings. The lowest BCUT2D eigenvalue weighted by atomic mass is 10.1. The van der Waals surface area contributed by atoms with Gasteiger partial charge in [-0.2, -0.15) is 0 Å². The number of halogens is 1. The first-order valence-corrected chi connectivity index (χ1v) is 13.3. The summed E-state index contributed by atoms with van der Waals surface area (Å²) in [6.45, 7) is 5.00. The highest BCUT2D eigenvalue weighted by Gasteiger charge is 2.29. The van der Waals surface area contributed by atoms with Crippen molar-refractivity contribution < 1.29 is 14.3 Å². The van der Waals surface area contributed by atoms with Gasteiger partial charge in [-0.1, -0.05) is 66.9 Å². The van der Waals surface area contributed by atoms with Crippen LogP contribution in [0.3, 0.4) is 0 Å². The smallest absolute Gasteiger partial charge is 0.255 e. The topological polar surface area (TPSA) is 53.1 Å². The SMILES string of the molecule is COc1ccccc1/C=C/CN(CCN1CCN(C(=O)C2CCCC2)CC1)C(=O)c1ccccc1Cl. The molecule has 2 aromatic rings. The van der Waals surface area contributed by atoms with Crippen LogP contribution in [-0.4, -0.2) is 79.4 Å². The molecule has 1 aliphatic carbocycles. The highest BCUT2D eigenvalue weighted by atomic mass is 35.5. The van der Waals surface area contributed by atoms with Crippen LogP contribution in [0.4, 0.5) is 0 Å². The lowest BCUT2D eigenvalue weighted by molar-refractivity contribution is -0.137. The number of carbonyl (C=O) groups is 2. The van der Waals surface area contributed by atoms with Crippen LogP contribution in [0.25, 0.3) is 6.08 Å². The van der Waals surface area contributed by atoms with E-state index >= 15 is 0 Å². The van der Waals surface area contributed by atoms with Crippen molar-refractivity contribution in [1.82, 2.24) is 14.7 Å². The molecule has 0 radical (unpaired) electrons. The number of rotatable bonds is 9. The fraction of sp³-hybridized carbons (Fsp3) is 0.448. The van der Waals surface area contributed by atoms with Gasteiger partial charge in [0.05, 0.1) is 17.7 Å². The summed E-state index contributed by atoms with van der Waals surface area (Å²) in [5, 5.41) is 0.459. The number of hydrogen-bond donors (Lipinski definition) is 0. The van der Waals surface area contributed by atoms with Crippen molar-refractivity contribution in [2.24, 2.45) is 5.92 Å². The van der Waals surface area contributed by atoms with Crippen molar-refractivity contribution in [3.63, 3.8) is 0 Å². The minimum absolute atomic E-state index is 0.0830. The van der Waals surface area contributed by atoms with Crippen molar-refractivity contribution in [3.05, 3.63) is 70.8 Å². The average Bonchev–Trinajstić information content (AvgIpc) is 3.46. The molecule has 2 amide bonds. The van der Waals surface area contributed by atoms with Crippen LogP contribution in [0, 0.1) is 5.92 Å². The maximum Gasteiger partial charge on any atom is 0.255 e. The molecule has 7 heteroatoms. The largest absolute Gasteiger partial charge is 0.496 e. The summed E-state index contributed by atoms with van der Waals surface area (Å²) in [6, 6.07) is 15.0. The number of para-hydroxylation sites is 1. The molecule has 0 unspecified atom stereocenters. The molecule has 192 valence electrons. The van der Waals surface area contributed by atoms with E-state index in [0.717, 1.165) is 56.9 Å². The van der Waals surface area contributed by atoms with Crippen LogP contribution < -0.4 is 4.74 Å². The molecule has 1 saturated carbocycles. The molecule has 0 atom stereocenters. The van der Waals surface area contributed by atoms with Gasteiger partial charge in [-0.05, 0) is 31.0 Å². The molecule has 6 nitrogen and oxygen atoms in total. The molecule has 0 bridgehead atoms. The lowest BCUT2D eigenvalue weighted by Crippen LogP contribution is -2.51. The summed E-state index contributed by atoms with van der Waals surface area (Å²) in [6.07, 6.45) is 8.42. The summed E-state index contributed by atoms with van der Waals surface area (Å²) in [7, 11) is 1.65. The molecule has 0 aromatic heterocycles. The molecule has 2 aromatic carbocycles. The summed E-state index contributed by atoms with van der Waals surface area (Å²) in [4.78, 5) is 32.4. The second-order valence-electron chi connectivity index (χ2n) is 9.52. The maximum atomic E-state index is 13.4. The Morgan fingerprint density at radius 3 is 2.44 bits per heavy atom. The van der Waals surface area contributed by atoms with Crippen LogP contribution >= 0.6 is 11.6 Å². The van der Waals surface area contributed by atoms with Crippen molar-refractivity contribution in [3.8, 4) is 5.75 Å². The zero-order valence-corrected chi connectivity index (χ0v) is 21.8. The van der Waals surface area contributed by atoms with Gasteiger partial charge in [-0.25, -0.2) is 0 Å². The predicted octanol–water partition coefficient (Wildman–Crippen LogP) is 4.84. The Morgan fingerprint density at radius 2 is 1.72 bits per heavy atom. The number of hydrogen-bond acceptors (Lipinski definition) is 4.